The van der Waals surface area contributed by atoms with E-state index in [9.17, 15) is 8.78 Å². The molecule has 0 aromatic heterocycles. The van der Waals surface area contributed by atoms with E-state index in [0.29, 0.717) is 6.54 Å². The molecule has 2 rings (SSSR count). The number of benzene rings is 1. The molecule has 0 saturated heterocycles. The summed E-state index contributed by atoms with van der Waals surface area (Å²) in [4.78, 5) is 0. The van der Waals surface area contributed by atoms with Crippen LogP contribution in [-0.4, -0.2) is 12.1 Å². The Bertz CT molecular complexity index is 330. The SMILES string of the molecule is NCC1(Oc2c(F)cccc2F)CC1. The van der Waals surface area contributed by atoms with E-state index < -0.39 is 17.2 Å². The second-order valence-electron chi connectivity index (χ2n) is 3.54. The first-order valence-corrected chi connectivity index (χ1v) is 4.50. The Kier molecular flexibility index (Phi) is 2.15. The number of nitrogens with two attached hydrogens (primary N) is 1. The molecule has 1 aliphatic rings. The van der Waals surface area contributed by atoms with Crippen LogP contribution in [-0.2, 0) is 0 Å². The van der Waals surface area contributed by atoms with Gasteiger partial charge in [0.05, 0.1) is 0 Å². The average Bonchev–Trinajstić information content (AvgIpc) is 2.93. The number of ether oxygens (including phenoxy) is 1. The number of hydrogen-bond acceptors (Lipinski definition) is 2. The second-order valence-corrected chi connectivity index (χ2v) is 3.54. The second kappa shape index (κ2) is 3.20. The molecule has 1 fully saturated rings. The van der Waals surface area contributed by atoms with Gasteiger partial charge in [0.25, 0.3) is 0 Å². The molecule has 1 aliphatic carbocycles. The van der Waals surface area contributed by atoms with Crippen molar-refractivity contribution in [2.24, 2.45) is 5.73 Å². The van der Waals surface area contributed by atoms with Gasteiger partial charge >= 0.3 is 0 Å². The Morgan fingerprint density at radius 2 is 1.86 bits per heavy atom. The first kappa shape index (κ1) is 9.40. The minimum absolute atomic E-state index is 0.292. The van der Waals surface area contributed by atoms with E-state index in [1.807, 2.05) is 0 Å². The molecule has 4 heteroatoms. The van der Waals surface area contributed by atoms with Crippen LogP contribution in [0.5, 0.6) is 5.75 Å². The summed E-state index contributed by atoms with van der Waals surface area (Å²) in [6.45, 7) is 0.292. The summed E-state index contributed by atoms with van der Waals surface area (Å²) >= 11 is 0. The highest BCUT2D eigenvalue weighted by Gasteiger charge is 2.45. The van der Waals surface area contributed by atoms with Crippen LogP contribution in [0.1, 0.15) is 12.8 Å². The van der Waals surface area contributed by atoms with Crippen LogP contribution in [0.3, 0.4) is 0 Å². The Balaban J connectivity index is 2.24. The molecular formula is C10H11F2NO. The predicted octanol–water partition coefficient (Wildman–Crippen LogP) is 1.83. The molecule has 2 nitrogen and oxygen atoms in total. The van der Waals surface area contributed by atoms with E-state index in [2.05, 4.69) is 0 Å². The highest BCUT2D eigenvalue weighted by Crippen LogP contribution is 2.40. The van der Waals surface area contributed by atoms with E-state index in [-0.39, 0.29) is 5.75 Å². The fourth-order valence-electron chi connectivity index (χ4n) is 1.28. The summed E-state index contributed by atoms with van der Waals surface area (Å²) in [5, 5.41) is 0. The molecule has 2 N–H and O–H groups in total. The van der Waals surface area contributed by atoms with Crippen LogP contribution in [0.2, 0.25) is 0 Å². The summed E-state index contributed by atoms with van der Waals surface area (Å²) in [5.41, 5.74) is 4.92. The lowest BCUT2D eigenvalue weighted by Crippen LogP contribution is -2.29. The molecule has 1 aromatic rings. The first-order chi connectivity index (χ1) is 6.67. The van der Waals surface area contributed by atoms with Crippen molar-refractivity contribution >= 4 is 0 Å². The van der Waals surface area contributed by atoms with E-state index in [1.54, 1.807) is 0 Å². The Morgan fingerprint density at radius 3 is 2.29 bits per heavy atom. The monoisotopic (exact) mass is 199 g/mol. The molecule has 0 amide bonds. The highest BCUT2D eigenvalue weighted by atomic mass is 19.1. The largest absolute Gasteiger partial charge is 0.480 e. The van der Waals surface area contributed by atoms with Gasteiger partial charge in [-0.3, -0.25) is 0 Å². The molecule has 1 aromatic carbocycles. The van der Waals surface area contributed by atoms with Crippen molar-refractivity contribution in [2.75, 3.05) is 6.54 Å². The summed E-state index contributed by atoms with van der Waals surface area (Å²) in [6.07, 6.45) is 1.52. The van der Waals surface area contributed by atoms with E-state index in [1.165, 1.54) is 18.2 Å². The van der Waals surface area contributed by atoms with Gasteiger partial charge in [-0.05, 0) is 25.0 Å². The van der Waals surface area contributed by atoms with Gasteiger partial charge in [0.15, 0.2) is 17.4 Å². The molecule has 0 unspecified atom stereocenters. The van der Waals surface area contributed by atoms with Crippen molar-refractivity contribution in [3.05, 3.63) is 29.8 Å². The summed E-state index contributed by atoms with van der Waals surface area (Å²) in [6, 6.07) is 3.65. The van der Waals surface area contributed by atoms with Crippen molar-refractivity contribution in [3.8, 4) is 5.75 Å². The van der Waals surface area contributed by atoms with Crippen LogP contribution in [0.25, 0.3) is 0 Å². The summed E-state index contributed by atoms with van der Waals surface area (Å²) in [5.74, 6) is -1.66. The Labute approximate surface area is 80.7 Å². The van der Waals surface area contributed by atoms with Crippen molar-refractivity contribution < 1.29 is 13.5 Å². The normalized spacial score (nSPS) is 17.9. The molecule has 1 saturated carbocycles. The lowest BCUT2D eigenvalue weighted by Gasteiger charge is -2.16. The van der Waals surface area contributed by atoms with Gasteiger partial charge in [0.2, 0.25) is 0 Å². The number of para-hydroxylation sites is 1. The molecule has 0 atom stereocenters. The third kappa shape index (κ3) is 1.57. The number of rotatable bonds is 3. The van der Waals surface area contributed by atoms with Crippen molar-refractivity contribution in [1.29, 1.82) is 0 Å². The van der Waals surface area contributed by atoms with Gasteiger partial charge in [-0.25, -0.2) is 8.78 Å². The molecule has 76 valence electrons. The van der Waals surface area contributed by atoms with Gasteiger partial charge in [-0.2, -0.15) is 0 Å². The quantitative estimate of drug-likeness (QED) is 0.806. The summed E-state index contributed by atoms with van der Waals surface area (Å²) < 4.78 is 31.5. The molecule has 0 spiro atoms. The standard InChI is InChI=1S/C10H11F2NO/c11-7-2-1-3-8(12)9(7)14-10(6-13)4-5-10/h1-3H,4-6,13H2. The zero-order chi connectivity index (χ0) is 10.2. The molecule has 0 bridgehead atoms. The van der Waals surface area contributed by atoms with E-state index in [4.69, 9.17) is 10.5 Å². The summed E-state index contributed by atoms with van der Waals surface area (Å²) in [7, 11) is 0. The third-order valence-corrected chi connectivity index (χ3v) is 2.42. The van der Waals surface area contributed by atoms with E-state index in [0.717, 1.165) is 12.8 Å². The van der Waals surface area contributed by atoms with Crippen LogP contribution in [0.15, 0.2) is 18.2 Å². The molecule has 0 heterocycles. The molecular weight excluding hydrogens is 188 g/mol. The zero-order valence-corrected chi connectivity index (χ0v) is 7.59. The molecule has 0 aliphatic heterocycles. The van der Waals surface area contributed by atoms with Crippen molar-refractivity contribution in [2.45, 2.75) is 18.4 Å². The van der Waals surface area contributed by atoms with Gasteiger partial charge in [0, 0.05) is 6.54 Å². The smallest absolute Gasteiger partial charge is 0.191 e. The van der Waals surface area contributed by atoms with Gasteiger partial charge in [-0.1, -0.05) is 6.07 Å². The van der Waals surface area contributed by atoms with Crippen LogP contribution < -0.4 is 10.5 Å². The van der Waals surface area contributed by atoms with E-state index >= 15 is 0 Å². The van der Waals surface area contributed by atoms with Crippen LogP contribution >= 0.6 is 0 Å². The lowest BCUT2D eigenvalue weighted by atomic mass is 10.3. The zero-order valence-electron chi connectivity index (χ0n) is 7.59. The predicted molar refractivity (Wildman–Crippen MR) is 48.0 cm³/mol. The first-order valence-electron chi connectivity index (χ1n) is 4.50. The molecule has 0 radical (unpaired) electrons. The topological polar surface area (TPSA) is 35.2 Å². The lowest BCUT2D eigenvalue weighted by molar-refractivity contribution is 0.170. The maximum atomic E-state index is 13.1. The average molecular weight is 199 g/mol. The fourth-order valence-corrected chi connectivity index (χ4v) is 1.28. The molecule has 14 heavy (non-hydrogen) atoms. The van der Waals surface area contributed by atoms with Gasteiger partial charge in [-0.15, -0.1) is 0 Å². The minimum atomic E-state index is -0.676. The Hall–Kier alpha value is -1.16. The minimum Gasteiger partial charge on any atom is -0.480 e. The van der Waals surface area contributed by atoms with Crippen LogP contribution in [0.4, 0.5) is 8.78 Å². The number of hydrogen-bond donors (Lipinski definition) is 1. The van der Waals surface area contributed by atoms with Gasteiger partial charge in [0.1, 0.15) is 5.60 Å². The third-order valence-electron chi connectivity index (χ3n) is 2.42. The highest BCUT2D eigenvalue weighted by molar-refractivity contribution is 5.28. The van der Waals surface area contributed by atoms with Crippen molar-refractivity contribution in [3.63, 3.8) is 0 Å². The fraction of sp³-hybridized carbons (Fsp3) is 0.400. The number of halogens is 2. The van der Waals surface area contributed by atoms with Crippen LogP contribution in [0, 0.1) is 11.6 Å². The van der Waals surface area contributed by atoms with Crippen molar-refractivity contribution in [1.82, 2.24) is 0 Å². The maximum Gasteiger partial charge on any atom is 0.191 e. The Morgan fingerprint density at radius 1 is 1.29 bits per heavy atom. The maximum absolute atomic E-state index is 13.1. The van der Waals surface area contributed by atoms with Gasteiger partial charge < -0.3 is 10.5 Å².